The Kier molecular flexibility index (Phi) is 2.23. The molecule has 0 aliphatic rings. The number of pyridine rings is 1. The third kappa shape index (κ3) is 1.48. The summed E-state index contributed by atoms with van der Waals surface area (Å²) in [4.78, 5) is 4.56. The van der Waals surface area contributed by atoms with Crippen LogP contribution in [0.25, 0.3) is 33.1 Å². The fraction of sp³-hybridized carbons (Fsp3) is 0. The molecule has 3 N–H and O–H groups in total. The van der Waals surface area contributed by atoms with Crippen molar-refractivity contribution in [2.24, 2.45) is 0 Å². The fourth-order valence-corrected chi connectivity index (χ4v) is 2.61. The van der Waals surface area contributed by atoms with Gasteiger partial charge in [-0.05, 0) is 11.6 Å². The zero-order valence-electron chi connectivity index (χ0n) is 10.7. The molecule has 0 aliphatic heterocycles. The lowest BCUT2D eigenvalue weighted by Gasteiger charge is -2.08. The number of nitrogen functional groups attached to an aromatic ring is 1. The van der Waals surface area contributed by atoms with Gasteiger partial charge in [0, 0.05) is 10.9 Å². The summed E-state index contributed by atoms with van der Waals surface area (Å²) in [6, 6.07) is 18.2. The smallest absolute Gasteiger partial charge is 0.184 e. The van der Waals surface area contributed by atoms with Crippen molar-refractivity contribution in [2.45, 2.75) is 0 Å². The summed E-state index contributed by atoms with van der Waals surface area (Å²) in [7, 11) is 0. The molecule has 0 saturated heterocycles. The van der Waals surface area contributed by atoms with Crippen LogP contribution >= 0.6 is 0 Å². The Labute approximate surface area is 115 Å². The van der Waals surface area contributed by atoms with Gasteiger partial charge in [-0.25, -0.2) is 4.98 Å². The Bertz CT molecular complexity index is 910. The minimum Gasteiger partial charge on any atom is -0.383 e. The molecule has 0 bridgehead atoms. The first-order valence-electron chi connectivity index (χ1n) is 6.42. The predicted octanol–water partition coefficient (Wildman–Crippen LogP) is 3.36. The Balaban J connectivity index is 2.26. The number of rotatable bonds is 1. The second-order valence-electron chi connectivity index (χ2n) is 4.71. The van der Waals surface area contributed by atoms with Gasteiger partial charge in [0.2, 0.25) is 0 Å². The maximum atomic E-state index is 6.05. The highest BCUT2D eigenvalue weighted by Crippen LogP contribution is 2.36. The minimum absolute atomic E-state index is 0.553. The lowest BCUT2D eigenvalue weighted by molar-refractivity contribution is 1.11. The standard InChI is InChI=1S/C16H12N4/c17-15-14-13(10-6-2-1-3-7-10)11-8-4-5-9-12(11)18-16(14)20-19-15/h1-9H,(H3,17,18,19,20). The van der Waals surface area contributed by atoms with Crippen LogP contribution in [0.4, 0.5) is 5.82 Å². The normalized spacial score (nSPS) is 11.2. The maximum absolute atomic E-state index is 6.05. The molecule has 4 heteroatoms. The van der Waals surface area contributed by atoms with E-state index in [0.29, 0.717) is 11.5 Å². The van der Waals surface area contributed by atoms with Gasteiger partial charge in [-0.15, -0.1) is 0 Å². The van der Waals surface area contributed by atoms with Crippen molar-refractivity contribution in [3.05, 3.63) is 54.6 Å². The summed E-state index contributed by atoms with van der Waals surface area (Å²) >= 11 is 0. The number of benzene rings is 2. The van der Waals surface area contributed by atoms with Gasteiger partial charge in [-0.1, -0.05) is 48.5 Å². The molecule has 4 rings (SSSR count). The molecule has 0 radical (unpaired) electrons. The molecule has 0 saturated carbocycles. The zero-order valence-corrected chi connectivity index (χ0v) is 10.7. The lowest BCUT2D eigenvalue weighted by Crippen LogP contribution is -1.90. The van der Waals surface area contributed by atoms with Gasteiger partial charge < -0.3 is 5.73 Å². The van der Waals surface area contributed by atoms with Crippen molar-refractivity contribution in [1.82, 2.24) is 15.2 Å². The molecule has 0 spiro atoms. The summed E-state index contributed by atoms with van der Waals surface area (Å²) < 4.78 is 0. The molecule has 2 heterocycles. The zero-order chi connectivity index (χ0) is 13.5. The topological polar surface area (TPSA) is 67.6 Å². The molecule has 0 amide bonds. The number of aromatic nitrogens is 3. The van der Waals surface area contributed by atoms with E-state index in [0.717, 1.165) is 27.4 Å². The molecule has 0 unspecified atom stereocenters. The maximum Gasteiger partial charge on any atom is 0.184 e. The predicted molar refractivity (Wildman–Crippen MR) is 81.2 cm³/mol. The van der Waals surface area contributed by atoms with E-state index < -0.39 is 0 Å². The largest absolute Gasteiger partial charge is 0.383 e. The van der Waals surface area contributed by atoms with E-state index in [2.05, 4.69) is 33.4 Å². The van der Waals surface area contributed by atoms with Gasteiger partial charge in [0.15, 0.2) is 5.65 Å². The summed E-state index contributed by atoms with van der Waals surface area (Å²) in [6.45, 7) is 0. The van der Waals surface area contributed by atoms with Crippen LogP contribution in [-0.2, 0) is 0 Å². The molecule has 4 nitrogen and oxygen atoms in total. The molecule has 0 atom stereocenters. The van der Waals surface area contributed by atoms with Gasteiger partial charge in [-0.2, -0.15) is 5.10 Å². The van der Waals surface area contributed by atoms with E-state index in [1.54, 1.807) is 0 Å². The number of anilines is 1. The van der Waals surface area contributed by atoms with Crippen molar-refractivity contribution in [1.29, 1.82) is 0 Å². The summed E-state index contributed by atoms with van der Waals surface area (Å²) in [5.41, 5.74) is 9.82. The average Bonchev–Trinajstić information content (AvgIpc) is 2.87. The highest BCUT2D eigenvalue weighted by Gasteiger charge is 2.15. The molecular formula is C16H12N4. The van der Waals surface area contributed by atoms with Crippen LogP contribution in [0.3, 0.4) is 0 Å². The number of H-pyrrole nitrogens is 1. The molecule has 0 fully saturated rings. The Morgan fingerprint density at radius 2 is 1.65 bits per heavy atom. The number of hydrogen-bond acceptors (Lipinski definition) is 3. The van der Waals surface area contributed by atoms with Crippen LogP contribution in [-0.4, -0.2) is 15.2 Å². The number of aromatic amines is 1. The first-order chi connectivity index (χ1) is 9.84. The molecule has 20 heavy (non-hydrogen) atoms. The first-order valence-corrected chi connectivity index (χ1v) is 6.42. The van der Waals surface area contributed by atoms with Gasteiger partial charge in [-0.3, -0.25) is 5.10 Å². The molecule has 0 aliphatic carbocycles. The second-order valence-corrected chi connectivity index (χ2v) is 4.71. The summed E-state index contributed by atoms with van der Waals surface area (Å²) in [6.07, 6.45) is 0. The number of hydrogen-bond donors (Lipinski definition) is 2. The number of nitrogens with two attached hydrogens (primary N) is 1. The third-order valence-electron chi connectivity index (χ3n) is 3.49. The molecule has 2 aromatic heterocycles. The lowest BCUT2D eigenvalue weighted by atomic mass is 9.98. The van der Waals surface area contributed by atoms with Crippen LogP contribution < -0.4 is 5.73 Å². The van der Waals surface area contributed by atoms with Crippen LogP contribution in [0.1, 0.15) is 0 Å². The Morgan fingerprint density at radius 3 is 2.50 bits per heavy atom. The minimum atomic E-state index is 0.553. The van der Waals surface area contributed by atoms with Crippen molar-refractivity contribution < 1.29 is 0 Å². The highest BCUT2D eigenvalue weighted by molar-refractivity contribution is 6.12. The van der Waals surface area contributed by atoms with E-state index in [4.69, 9.17) is 5.73 Å². The highest BCUT2D eigenvalue weighted by atomic mass is 15.2. The van der Waals surface area contributed by atoms with E-state index in [1.165, 1.54) is 0 Å². The van der Waals surface area contributed by atoms with Crippen LogP contribution in [0, 0.1) is 0 Å². The second kappa shape index (κ2) is 4.06. The van der Waals surface area contributed by atoms with Crippen molar-refractivity contribution in [3.63, 3.8) is 0 Å². The number of nitrogens with zero attached hydrogens (tertiary/aromatic N) is 2. The fourth-order valence-electron chi connectivity index (χ4n) is 2.61. The van der Waals surface area contributed by atoms with E-state index in [-0.39, 0.29) is 0 Å². The first kappa shape index (κ1) is 11.0. The quantitative estimate of drug-likeness (QED) is 0.551. The third-order valence-corrected chi connectivity index (χ3v) is 3.49. The summed E-state index contributed by atoms with van der Waals surface area (Å²) in [5, 5.41) is 8.99. The SMILES string of the molecule is Nc1[nH]nc2nc3ccccc3c(-c3ccccc3)c12. The average molecular weight is 260 g/mol. The Morgan fingerprint density at radius 1 is 0.900 bits per heavy atom. The Hall–Kier alpha value is -2.88. The molecular weight excluding hydrogens is 248 g/mol. The van der Waals surface area contributed by atoms with Crippen molar-refractivity contribution >= 4 is 27.8 Å². The molecule has 2 aromatic carbocycles. The van der Waals surface area contributed by atoms with Gasteiger partial charge in [0.05, 0.1) is 10.9 Å². The van der Waals surface area contributed by atoms with Crippen LogP contribution in [0.2, 0.25) is 0 Å². The molecule has 96 valence electrons. The number of para-hydroxylation sites is 1. The monoisotopic (exact) mass is 260 g/mol. The number of fused-ring (bicyclic) bond motifs is 2. The van der Waals surface area contributed by atoms with Gasteiger partial charge >= 0.3 is 0 Å². The van der Waals surface area contributed by atoms with E-state index in [9.17, 15) is 0 Å². The van der Waals surface area contributed by atoms with Crippen molar-refractivity contribution in [2.75, 3.05) is 5.73 Å². The van der Waals surface area contributed by atoms with Gasteiger partial charge in [0.25, 0.3) is 0 Å². The van der Waals surface area contributed by atoms with E-state index >= 15 is 0 Å². The van der Waals surface area contributed by atoms with E-state index in [1.807, 2.05) is 36.4 Å². The van der Waals surface area contributed by atoms with Crippen LogP contribution in [0.5, 0.6) is 0 Å². The van der Waals surface area contributed by atoms with Gasteiger partial charge in [0.1, 0.15) is 5.82 Å². The van der Waals surface area contributed by atoms with Crippen LogP contribution in [0.15, 0.2) is 54.6 Å². The summed E-state index contributed by atoms with van der Waals surface area (Å²) in [5.74, 6) is 0.553. The number of nitrogens with one attached hydrogen (secondary N) is 1. The van der Waals surface area contributed by atoms with Crippen molar-refractivity contribution in [3.8, 4) is 11.1 Å². The molecule has 4 aromatic rings.